The molecule has 0 aliphatic heterocycles. The lowest BCUT2D eigenvalue weighted by molar-refractivity contribution is 0.102. The van der Waals surface area contributed by atoms with E-state index < -0.39 is 0 Å². The minimum atomic E-state index is -0.292. The van der Waals surface area contributed by atoms with Crippen molar-refractivity contribution in [3.8, 4) is 11.3 Å². The van der Waals surface area contributed by atoms with Crippen LogP contribution in [0.25, 0.3) is 11.3 Å². The molecular formula is C17H13ClN2O2. The average Bonchev–Trinajstić information content (AvgIpc) is 3.01. The van der Waals surface area contributed by atoms with Crippen molar-refractivity contribution in [3.63, 3.8) is 0 Å². The van der Waals surface area contributed by atoms with E-state index in [2.05, 4.69) is 10.5 Å². The molecular weight excluding hydrogens is 300 g/mol. The molecule has 1 N–H and O–H groups in total. The van der Waals surface area contributed by atoms with Gasteiger partial charge in [0.15, 0.2) is 0 Å². The van der Waals surface area contributed by atoms with E-state index in [1.807, 2.05) is 43.3 Å². The second-order valence-electron chi connectivity index (χ2n) is 4.86. The Labute approximate surface area is 132 Å². The predicted molar refractivity (Wildman–Crippen MR) is 86.1 cm³/mol. The van der Waals surface area contributed by atoms with Crippen molar-refractivity contribution in [2.45, 2.75) is 6.92 Å². The molecule has 2 aromatic carbocycles. The largest absolute Gasteiger partial charge is 0.363 e. The summed E-state index contributed by atoms with van der Waals surface area (Å²) in [6.45, 7) is 1.90. The maximum Gasteiger partial charge on any atom is 0.261 e. The molecule has 22 heavy (non-hydrogen) atoms. The van der Waals surface area contributed by atoms with Crippen LogP contribution < -0.4 is 5.32 Å². The number of nitrogens with one attached hydrogen (secondary N) is 1. The first-order valence-corrected chi connectivity index (χ1v) is 7.10. The van der Waals surface area contributed by atoms with E-state index in [4.69, 9.17) is 16.1 Å². The van der Waals surface area contributed by atoms with Gasteiger partial charge in [-0.25, -0.2) is 0 Å². The molecule has 0 unspecified atom stereocenters. The Bertz CT molecular complexity index is 813. The Balaban J connectivity index is 1.87. The van der Waals surface area contributed by atoms with Crippen LogP contribution in [0.3, 0.4) is 0 Å². The van der Waals surface area contributed by atoms with Gasteiger partial charge in [-0.2, -0.15) is 0 Å². The molecule has 0 saturated heterocycles. The first-order valence-electron chi connectivity index (χ1n) is 6.72. The normalized spacial score (nSPS) is 10.5. The predicted octanol–water partition coefficient (Wildman–Crippen LogP) is 4.56. The Hall–Kier alpha value is -2.59. The van der Waals surface area contributed by atoms with E-state index in [1.54, 1.807) is 12.1 Å². The van der Waals surface area contributed by atoms with Crippen LogP contribution >= 0.6 is 11.6 Å². The van der Waals surface area contributed by atoms with Crippen molar-refractivity contribution in [2.75, 3.05) is 5.32 Å². The molecule has 0 spiro atoms. The van der Waals surface area contributed by atoms with Gasteiger partial charge in [0, 0.05) is 16.3 Å². The molecule has 1 heterocycles. The van der Waals surface area contributed by atoms with Crippen molar-refractivity contribution >= 4 is 23.2 Å². The van der Waals surface area contributed by atoms with Crippen molar-refractivity contribution in [1.29, 1.82) is 0 Å². The maximum absolute atomic E-state index is 12.4. The van der Waals surface area contributed by atoms with Crippen molar-refractivity contribution in [3.05, 3.63) is 70.9 Å². The quantitative estimate of drug-likeness (QED) is 0.771. The lowest BCUT2D eigenvalue weighted by atomic mass is 10.1. The summed E-state index contributed by atoms with van der Waals surface area (Å²) in [7, 11) is 0. The summed E-state index contributed by atoms with van der Waals surface area (Å²) in [5.74, 6) is -0.292. The highest BCUT2D eigenvalue weighted by molar-refractivity contribution is 6.31. The number of rotatable bonds is 3. The topological polar surface area (TPSA) is 55.1 Å². The number of hydrogen-bond acceptors (Lipinski definition) is 3. The minimum absolute atomic E-state index is 0.292. The lowest BCUT2D eigenvalue weighted by Gasteiger charge is -2.06. The van der Waals surface area contributed by atoms with E-state index in [9.17, 15) is 4.79 Å². The van der Waals surface area contributed by atoms with Crippen LogP contribution in [0.15, 0.2) is 59.3 Å². The van der Waals surface area contributed by atoms with Gasteiger partial charge in [0.2, 0.25) is 0 Å². The average molecular weight is 313 g/mol. The summed E-state index contributed by atoms with van der Waals surface area (Å²) in [6.07, 6.45) is 1.34. The van der Waals surface area contributed by atoms with Gasteiger partial charge in [-0.05, 0) is 24.6 Å². The van der Waals surface area contributed by atoms with E-state index in [1.165, 1.54) is 6.26 Å². The van der Waals surface area contributed by atoms with Crippen molar-refractivity contribution in [2.24, 2.45) is 0 Å². The van der Waals surface area contributed by atoms with Crippen LogP contribution in [-0.4, -0.2) is 11.1 Å². The maximum atomic E-state index is 12.4. The number of amides is 1. The lowest BCUT2D eigenvalue weighted by Crippen LogP contribution is -2.12. The molecule has 0 aliphatic rings. The minimum Gasteiger partial charge on any atom is -0.363 e. The highest BCUT2D eigenvalue weighted by Gasteiger charge is 2.17. The van der Waals surface area contributed by atoms with Gasteiger partial charge in [0.05, 0.1) is 0 Å². The summed E-state index contributed by atoms with van der Waals surface area (Å²) in [4.78, 5) is 12.4. The monoisotopic (exact) mass is 312 g/mol. The van der Waals surface area contributed by atoms with Gasteiger partial charge in [-0.1, -0.05) is 53.2 Å². The van der Waals surface area contributed by atoms with Crippen molar-refractivity contribution in [1.82, 2.24) is 5.16 Å². The number of aromatic nitrogens is 1. The highest BCUT2D eigenvalue weighted by atomic mass is 35.5. The third-order valence-corrected chi connectivity index (χ3v) is 3.70. The SMILES string of the molecule is Cc1ccc(NC(=O)c2conc2-c2ccccc2)cc1Cl. The Morgan fingerprint density at radius 3 is 2.68 bits per heavy atom. The number of anilines is 1. The molecule has 5 heteroatoms. The van der Waals surface area contributed by atoms with Crippen LogP contribution in [-0.2, 0) is 0 Å². The Morgan fingerprint density at radius 2 is 1.95 bits per heavy atom. The third-order valence-electron chi connectivity index (χ3n) is 3.29. The van der Waals surface area contributed by atoms with Gasteiger partial charge < -0.3 is 9.84 Å². The Morgan fingerprint density at radius 1 is 1.18 bits per heavy atom. The molecule has 1 amide bonds. The number of aryl methyl sites for hydroxylation is 1. The number of benzene rings is 2. The van der Waals surface area contributed by atoms with Crippen LogP contribution in [0.1, 0.15) is 15.9 Å². The van der Waals surface area contributed by atoms with Crippen LogP contribution in [0.5, 0.6) is 0 Å². The van der Waals surface area contributed by atoms with E-state index in [-0.39, 0.29) is 5.91 Å². The molecule has 0 saturated carbocycles. The van der Waals surface area contributed by atoms with Gasteiger partial charge in [-0.15, -0.1) is 0 Å². The van der Waals surface area contributed by atoms with Crippen molar-refractivity contribution < 1.29 is 9.32 Å². The third kappa shape index (κ3) is 2.87. The molecule has 1 aromatic heterocycles. The van der Waals surface area contributed by atoms with Gasteiger partial charge in [-0.3, -0.25) is 4.79 Å². The summed E-state index contributed by atoms with van der Waals surface area (Å²) in [5, 5.41) is 7.32. The summed E-state index contributed by atoms with van der Waals surface area (Å²) in [5.41, 5.74) is 3.29. The fourth-order valence-corrected chi connectivity index (χ4v) is 2.25. The zero-order chi connectivity index (χ0) is 15.5. The number of halogens is 1. The number of hydrogen-bond donors (Lipinski definition) is 1. The zero-order valence-corrected chi connectivity index (χ0v) is 12.6. The smallest absolute Gasteiger partial charge is 0.261 e. The molecule has 4 nitrogen and oxygen atoms in total. The molecule has 0 atom stereocenters. The van der Waals surface area contributed by atoms with Crippen LogP contribution in [0, 0.1) is 6.92 Å². The first-order chi connectivity index (χ1) is 10.6. The fraction of sp³-hybridized carbons (Fsp3) is 0.0588. The molecule has 110 valence electrons. The molecule has 0 radical (unpaired) electrons. The second kappa shape index (κ2) is 6.03. The number of carbonyl (C=O) groups excluding carboxylic acids is 1. The van der Waals surface area contributed by atoms with Crippen LogP contribution in [0.2, 0.25) is 5.02 Å². The zero-order valence-electron chi connectivity index (χ0n) is 11.8. The second-order valence-corrected chi connectivity index (χ2v) is 5.27. The first kappa shape index (κ1) is 14.4. The fourth-order valence-electron chi connectivity index (χ4n) is 2.07. The molecule has 0 bridgehead atoms. The van der Waals surface area contributed by atoms with E-state index in [0.29, 0.717) is 22.0 Å². The summed E-state index contributed by atoms with van der Waals surface area (Å²) < 4.78 is 4.96. The van der Waals surface area contributed by atoms with Crippen LogP contribution in [0.4, 0.5) is 5.69 Å². The summed E-state index contributed by atoms with van der Waals surface area (Å²) in [6, 6.07) is 14.8. The number of nitrogens with zero attached hydrogens (tertiary/aromatic N) is 1. The number of carbonyl (C=O) groups is 1. The molecule has 0 aliphatic carbocycles. The molecule has 0 fully saturated rings. The molecule has 3 rings (SSSR count). The molecule has 3 aromatic rings. The highest BCUT2D eigenvalue weighted by Crippen LogP contribution is 2.24. The van der Waals surface area contributed by atoms with E-state index >= 15 is 0 Å². The summed E-state index contributed by atoms with van der Waals surface area (Å²) >= 11 is 6.07. The standard InChI is InChI=1S/C17H13ClN2O2/c1-11-7-8-13(9-15(11)18)19-17(21)14-10-22-20-16(14)12-5-3-2-4-6-12/h2-10H,1H3,(H,19,21). The van der Waals surface area contributed by atoms with Gasteiger partial charge in [0.25, 0.3) is 5.91 Å². The Kier molecular flexibility index (Phi) is 3.94. The van der Waals surface area contributed by atoms with Gasteiger partial charge in [0.1, 0.15) is 17.5 Å². The van der Waals surface area contributed by atoms with Gasteiger partial charge >= 0.3 is 0 Å². The van der Waals surface area contributed by atoms with E-state index in [0.717, 1.165) is 11.1 Å².